The minimum Gasteiger partial charge on any atom is -0.308 e. The molecule has 0 saturated heterocycles. The van der Waals surface area contributed by atoms with Crippen LogP contribution in [0.15, 0.2) is 158 Å². The summed E-state index contributed by atoms with van der Waals surface area (Å²) >= 11 is 1.78. The van der Waals surface area contributed by atoms with E-state index in [1.165, 1.54) is 75.1 Å². The Morgan fingerprint density at radius 3 is 1.94 bits per heavy atom. The summed E-state index contributed by atoms with van der Waals surface area (Å²) in [7, 11) is 0. The third-order valence-electron chi connectivity index (χ3n) is 11.4. The van der Waals surface area contributed by atoms with Crippen molar-refractivity contribution < 1.29 is 0 Å². The molecule has 0 saturated carbocycles. The molecule has 13 rings (SSSR count). The van der Waals surface area contributed by atoms with Crippen LogP contribution >= 0.6 is 11.3 Å². The standard InChI is InChI=1S/C48H26N4S/c1-2-12-28-23-31(22-21-27(28)11-1)43-47-44(34-17-7-10-20-41(34)53-47)50-48(49-43)52-38-18-8-5-15-32(38)36-26-37-35-24-29-13-3-4-14-30(29)25-40(35)51-39-19-9-6-16-33(39)42(45(37)51)46(36)52/h1-26H. The first kappa shape index (κ1) is 27.8. The van der Waals surface area contributed by atoms with Crippen molar-refractivity contribution in [1.82, 2.24) is 18.9 Å². The fraction of sp³-hybridized carbons (Fsp3) is 0. The Hall–Kier alpha value is -6.82. The lowest BCUT2D eigenvalue weighted by molar-refractivity contribution is 1.02. The smallest absolute Gasteiger partial charge is 0.235 e. The maximum Gasteiger partial charge on any atom is 0.235 e. The van der Waals surface area contributed by atoms with Crippen molar-refractivity contribution in [3.05, 3.63) is 158 Å². The van der Waals surface area contributed by atoms with Crippen LogP contribution in [0.5, 0.6) is 0 Å². The van der Waals surface area contributed by atoms with Gasteiger partial charge in [-0.2, -0.15) is 0 Å². The Labute approximate surface area is 305 Å². The topological polar surface area (TPSA) is 35.1 Å². The lowest BCUT2D eigenvalue weighted by atomic mass is 10.0. The molecule has 0 atom stereocenters. The van der Waals surface area contributed by atoms with Crippen LogP contribution in [-0.4, -0.2) is 18.9 Å². The zero-order chi connectivity index (χ0) is 34.4. The highest BCUT2D eigenvalue weighted by Gasteiger charge is 2.26. The monoisotopic (exact) mass is 690 g/mol. The summed E-state index contributed by atoms with van der Waals surface area (Å²) in [6.45, 7) is 0. The fourth-order valence-electron chi connectivity index (χ4n) is 9.11. The molecule has 0 aliphatic carbocycles. The number of hydrogen-bond acceptors (Lipinski definition) is 3. The van der Waals surface area contributed by atoms with Crippen molar-refractivity contribution in [3.8, 4) is 17.2 Å². The second kappa shape index (κ2) is 9.94. The van der Waals surface area contributed by atoms with Gasteiger partial charge in [-0.25, -0.2) is 9.97 Å². The molecule has 0 spiro atoms. The molecule has 5 heteroatoms. The second-order valence-corrected chi connectivity index (χ2v) is 15.2. The van der Waals surface area contributed by atoms with Gasteiger partial charge in [-0.15, -0.1) is 11.3 Å². The van der Waals surface area contributed by atoms with Gasteiger partial charge in [-0.1, -0.05) is 115 Å². The predicted octanol–water partition coefficient (Wildman–Crippen LogP) is 13.1. The Kier molecular flexibility index (Phi) is 5.22. The van der Waals surface area contributed by atoms with Crippen molar-refractivity contribution in [3.63, 3.8) is 0 Å². The number of aromatic nitrogens is 4. The summed E-state index contributed by atoms with van der Waals surface area (Å²) in [5, 5.41) is 13.5. The molecule has 0 aliphatic rings. The highest BCUT2D eigenvalue weighted by molar-refractivity contribution is 7.26. The number of thiophene rings is 1. The van der Waals surface area contributed by atoms with Gasteiger partial charge in [0.15, 0.2) is 0 Å². The Balaban J connectivity index is 1.24. The molecule has 5 heterocycles. The Bertz CT molecular complexity index is 3700. The van der Waals surface area contributed by atoms with Crippen molar-refractivity contribution in [1.29, 1.82) is 0 Å². The van der Waals surface area contributed by atoms with Gasteiger partial charge in [0.25, 0.3) is 0 Å². The van der Waals surface area contributed by atoms with Crippen molar-refractivity contribution in [2.24, 2.45) is 0 Å². The number of benzene rings is 8. The van der Waals surface area contributed by atoms with Crippen LogP contribution in [0, 0.1) is 0 Å². The van der Waals surface area contributed by atoms with Gasteiger partial charge in [-0.05, 0) is 64.0 Å². The largest absolute Gasteiger partial charge is 0.308 e. The van der Waals surface area contributed by atoms with Gasteiger partial charge in [0.1, 0.15) is 0 Å². The van der Waals surface area contributed by atoms with Crippen LogP contribution in [0.3, 0.4) is 0 Å². The summed E-state index contributed by atoms with van der Waals surface area (Å²) in [5.41, 5.74) is 8.96. The van der Waals surface area contributed by atoms with E-state index in [0.29, 0.717) is 5.95 Å². The predicted molar refractivity (Wildman–Crippen MR) is 224 cm³/mol. The Morgan fingerprint density at radius 2 is 1.09 bits per heavy atom. The summed E-state index contributed by atoms with van der Waals surface area (Å²) in [6.07, 6.45) is 0. The van der Waals surface area contributed by atoms with Crippen molar-refractivity contribution in [2.75, 3.05) is 0 Å². The maximum absolute atomic E-state index is 5.58. The first-order chi connectivity index (χ1) is 26.3. The summed E-state index contributed by atoms with van der Waals surface area (Å²) in [4.78, 5) is 11.1. The van der Waals surface area contributed by atoms with E-state index >= 15 is 0 Å². The van der Waals surface area contributed by atoms with Crippen LogP contribution < -0.4 is 0 Å². The van der Waals surface area contributed by atoms with Crippen molar-refractivity contribution >= 4 is 113 Å². The highest BCUT2D eigenvalue weighted by atomic mass is 32.1. The van der Waals surface area contributed by atoms with E-state index in [1.807, 2.05) is 0 Å². The molecule has 0 aliphatic heterocycles. The number of nitrogens with zero attached hydrogens (tertiary/aromatic N) is 4. The molecule has 0 amide bonds. The van der Waals surface area contributed by atoms with Crippen LogP contribution in [-0.2, 0) is 0 Å². The SMILES string of the molecule is c1ccc2cc(-c3nc(-n4c5ccccc5c5cc6c7cc8ccccc8cc7n7c8ccccc8c(c54)c67)nc4c3sc3ccccc34)ccc2c1. The second-order valence-electron chi connectivity index (χ2n) is 14.2. The summed E-state index contributed by atoms with van der Waals surface area (Å²) < 4.78 is 7.15. The van der Waals surface area contributed by atoms with Crippen molar-refractivity contribution in [2.45, 2.75) is 0 Å². The molecule has 53 heavy (non-hydrogen) atoms. The zero-order valence-electron chi connectivity index (χ0n) is 28.2. The molecule has 0 radical (unpaired) electrons. The number of hydrogen-bond donors (Lipinski definition) is 0. The molecule has 4 nitrogen and oxygen atoms in total. The average Bonchev–Trinajstić information content (AvgIpc) is 3.95. The molecule has 0 bridgehead atoms. The molecule has 0 unspecified atom stereocenters. The molecule has 0 fully saturated rings. The normalized spacial score (nSPS) is 12.5. The quantitative estimate of drug-likeness (QED) is 0.181. The summed E-state index contributed by atoms with van der Waals surface area (Å²) in [5.74, 6) is 0.684. The van der Waals surface area contributed by atoms with Crippen LogP contribution in [0.1, 0.15) is 0 Å². The number of para-hydroxylation sites is 2. The Morgan fingerprint density at radius 1 is 0.434 bits per heavy atom. The van der Waals surface area contributed by atoms with E-state index in [2.05, 4.69) is 167 Å². The summed E-state index contributed by atoms with van der Waals surface area (Å²) in [6, 6.07) is 57.4. The lowest BCUT2D eigenvalue weighted by Gasteiger charge is -2.11. The first-order valence-electron chi connectivity index (χ1n) is 18.0. The van der Waals surface area contributed by atoms with E-state index < -0.39 is 0 Å². The van der Waals surface area contributed by atoms with E-state index in [1.54, 1.807) is 11.3 Å². The van der Waals surface area contributed by atoms with E-state index in [9.17, 15) is 0 Å². The van der Waals surface area contributed by atoms with E-state index in [-0.39, 0.29) is 0 Å². The maximum atomic E-state index is 5.58. The molecule has 244 valence electrons. The molecule has 8 aromatic carbocycles. The average molecular weight is 691 g/mol. The van der Waals surface area contributed by atoms with E-state index in [4.69, 9.17) is 9.97 Å². The molecular weight excluding hydrogens is 665 g/mol. The van der Waals surface area contributed by atoms with Gasteiger partial charge >= 0.3 is 0 Å². The number of rotatable bonds is 2. The minimum atomic E-state index is 0.684. The van der Waals surface area contributed by atoms with E-state index in [0.717, 1.165) is 37.9 Å². The minimum absolute atomic E-state index is 0.684. The zero-order valence-corrected chi connectivity index (χ0v) is 29.0. The number of fused-ring (bicyclic) bond motifs is 15. The molecule has 5 aromatic heterocycles. The first-order valence-corrected chi connectivity index (χ1v) is 18.8. The lowest BCUT2D eigenvalue weighted by Crippen LogP contribution is -2.03. The third kappa shape index (κ3) is 3.59. The third-order valence-corrected chi connectivity index (χ3v) is 12.6. The van der Waals surface area contributed by atoms with Crippen LogP contribution in [0.4, 0.5) is 0 Å². The van der Waals surface area contributed by atoms with Gasteiger partial charge in [0.2, 0.25) is 5.95 Å². The van der Waals surface area contributed by atoms with Gasteiger partial charge < -0.3 is 4.40 Å². The fourth-order valence-corrected chi connectivity index (χ4v) is 10.3. The molecular formula is C48H26N4S. The van der Waals surface area contributed by atoms with Crippen LogP contribution in [0.2, 0.25) is 0 Å². The highest BCUT2D eigenvalue weighted by Crippen LogP contribution is 2.47. The van der Waals surface area contributed by atoms with Crippen LogP contribution in [0.25, 0.3) is 119 Å². The van der Waals surface area contributed by atoms with Gasteiger partial charge in [0, 0.05) is 48.0 Å². The van der Waals surface area contributed by atoms with Gasteiger partial charge in [-0.3, -0.25) is 4.57 Å². The molecule has 13 aromatic rings. The molecule has 0 N–H and O–H groups in total. The van der Waals surface area contributed by atoms with Gasteiger partial charge in [0.05, 0.1) is 43.5 Å².